The van der Waals surface area contributed by atoms with Gasteiger partial charge < -0.3 is 10.3 Å². The highest BCUT2D eigenvalue weighted by atomic mass is 16.1. The topological polar surface area (TPSA) is 44.9 Å². The molecule has 0 aliphatic carbocycles. The second kappa shape index (κ2) is 5.08. The lowest BCUT2D eigenvalue weighted by Gasteiger charge is -2.07. The van der Waals surface area contributed by atoms with Crippen molar-refractivity contribution in [3.05, 3.63) is 52.8 Å². The number of aromatic nitrogens is 1. The number of anilines is 1. The van der Waals surface area contributed by atoms with Crippen LogP contribution in [0.1, 0.15) is 22.5 Å². The Hall–Kier alpha value is -2.03. The molecular weight excluding hydrogens is 224 g/mol. The highest BCUT2D eigenvalue weighted by Crippen LogP contribution is 2.15. The highest BCUT2D eigenvalue weighted by molar-refractivity contribution is 5.93. The molecule has 0 bridgehead atoms. The van der Waals surface area contributed by atoms with E-state index in [1.54, 1.807) is 0 Å². The minimum atomic E-state index is 0.0198. The number of benzene rings is 1. The van der Waals surface area contributed by atoms with Gasteiger partial charge in [-0.25, -0.2) is 0 Å². The quantitative estimate of drug-likeness (QED) is 0.853. The highest BCUT2D eigenvalue weighted by Gasteiger charge is 2.09. The van der Waals surface area contributed by atoms with Crippen molar-refractivity contribution in [1.29, 1.82) is 0 Å². The smallest absolute Gasteiger partial charge is 0.228 e. The van der Waals surface area contributed by atoms with E-state index in [0.29, 0.717) is 6.42 Å². The van der Waals surface area contributed by atoms with E-state index >= 15 is 0 Å². The Labute approximate surface area is 107 Å². The number of carbonyl (C=O) groups excluding carboxylic acids is 1. The molecule has 0 saturated carbocycles. The number of aromatic amines is 1. The Balaban J connectivity index is 2.06. The predicted octanol–water partition coefficient (Wildman–Crippen LogP) is 3.12. The summed E-state index contributed by atoms with van der Waals surface area (Å²) in [4.78, 5) is 15.2. The van der Waals surface area contributed by atoms with Crippen LogP contribution >= 0.6 is 0 Å². The molecule has 1 aromatic carbocycles. The molecular formula is C15H18N2O. The number of rotatable bonds is 3. The van der Waals surface area contributed by atoms with Gasteiger partial charge >= 0.3 is 0 Å². The minimum Gasteiger partial charge on any atom is -0.362 e. The SMILES string of the molecule is Cc1cc(CC(=O)Nc2ccccc2C)c(C)[nH]1. The Kier molecular flexibility index (Phi) is 3.51. The van der Waals surface area contributed by atoms with Crippen molar-refractivity contribution in [1.82, 2.24) is 4.98 Å². The number of aryl methyl sites for hydroxylation is 3. The summed E-state index contributed by atoms with van der Waals surface area (Å²) in [6, 6.07) is 9.81. The predicted molar refractivity (Wildman–Crippen MR) is 73.8 cm³/mol. The second-order valence-corrected chi connectivity index (χ2v) is 4.64. The van der Waals surface area contributed by atoms with Crippen LogP contribution in [0.25, 0.3) is 0 Å². The van der Waals surface area contributed by atoms with Gasteiger partial charge in [-0.2, -0.15) is 0 Å². The van der Waals surface area contributed by atoms with Crippen molar-refractivity contribution in [2.24, 2.45) is 0 Å². The average Bonchev–Trinajstić information content (AvgIpc) is 2.61. The molecule has 0 aliphatic heterocycles. The van der Waals surface area contributed by atoms with Gasteiger partial charge in [0, 0.05) is 17.1 Å². The van der Waals surface area contributed by atoms with Crippen molar-refractivity contribution in [2.45, 2.75) is 27.2 Å². The molecule has 2 rings (SSSR count). The van der Waals surface area contributed by atoms with Gasteiger partial charge in [-0.15, -0.1) is 0 Å². The van der Waals surface area contributed by atoms with Crippen LogP contribution in [0.5, 0.6) is 0 Å². The fourth-order valence-electron chi connectivity index (χ4n) is 2.05. The van der Waals surface area contributed by atoms with Crippen LogP contribution in [-0.4, -0.2) is 10.9 Å². The van der Waals surface area contributed by atoms with Crippen LogP contribution in [0.15, 0.2) is 30.3 Å². The van der Waals surface area contributed by atoms with Crippen LogP contribution in [-0.2, 0) is 11.2 Å². The molecule has 0 saturated heterocycles. The van der Waals surface area contributed by atoms with Crippen molar-refractivity contribution < 1.29 is 4.79 Å². The molecule has 1 heterocycles. The first-order valence-electron chi connectivity index (χ1n) is 6.07. The van der Waals surface area contributed by atoms with Gasteiger partial charge in [0.25, 0.3) is 0 Å². The second-order valence-electron chi connectivity index (χ2n) is 4.64. The molecule has 0 spiro atoms. The molecule has 1 amide bonds. The van der Waals surface area contributed by atoms with Gasteiger partial charge in [0.05, 0.1) is 6.42 Å². The molecule has 3 nitrogen and oxygen atoms in total. The average molecular weight is 242 g/mol. The van der Waals surface area contributed by atoms with E-state index in [1.807, 2.05) is 51.1 Å². The Morgan fingerprint density at radius 3 is 2.56 bits per heavy atom. The molecule has 94 valence electrons. The summed E-state index contributed by atoms with van der Waals surface area (Å²) in [7, 11) is 0. The van der Waals surface area contributed by atoms with Gasteiger partial charge in [0.1, 0.15) is 0 Å². The Bertz CT molecular complexity index is 570. The van der Waals surface area contributed by atoms with Gasteiger partial charge in [-0.05, 0) is 44.0 Å². The number of H-pyrrole nitrogens is 1. The molecule has 1 aromatic heterocycles. The van der Waals surface area contributed by atoms with Crippen molar-refractivity contribution in [2.75, 3.05) is 5.32 Å². The van der Waals surface area contributed by atoms with E-state index in [-0.39, 0.29) is 5.91 Å². The first kappa shape index (κ1) is 12.4. The molecule has 0 radical (unpaired) electrons. The summed E-state index contributed by atoms with van der Waals surface area (Å²) in [6.45, 7) is 5.97. The molecule has 2 aromatic rings. The lowest BCUT2D eigenvalue weighted by molar-refractivity contribution is -0.115. The fourth-order valence-corrected chi connectivity index (χ4v) is 2.05. The van der Waals surface area contributed by atoms with E-state index in [0.717, 1.165) is 28.2 Å². The Morgan fingerprint density at radius 1 is 1.22 bits per heavy atom. The zero-order valence-corrected chi connectivity index (χ0v) is 11.0. The summed E-state index contributed by atoms with van der Waals surface area (Å²) in [5.74, 6) is 0.0198. The normalized spacial score (nSPS) is 10.4. The van der Waals surface area contributed by atoms with Gasteiger partial charge in [-0.3, -0.25) is 4.79 Å². The van der Waals surface area contributed by atoms with Gasteiger partial charge in [0.2, 0.25) is 5.91 Å². The number of hydrogen-bond acceptors (Lipinski definition) is 1. The third kappa shape index (κ3) is 2.80. The standard InChI is InChI=1S/C15H18N2O/c1-10-6-4-5-7-14(10)17-15(18)9-13-8-11(2)16-12(13)3/h4-8,16H,9H2,1-3H3,(H,17,18). The summed E-state index contributed by atoms with van der Waals surface area (Å²) < 4.78 is 0. The summed E-state index contributed by atoms with van der Waals surface area (Å²) >= 11 is 0. The summed E-state index contributed by atoms with van der Waals surface area (Å²) in [5, 5.41) is 2.94. The van der Waals surface area contributed by atoms with Crippen LogP contribution in [0.3, 0.4) is 0 Å². The number of para-hydroxylation sites is 1. The van der Waals surface area contributed by atoms with Gasteiger partial charge in [-0.1, -0.05) is 18.2 Å². The van der Waals surface area contributed by atoms with Crippen molar-refractivity contribution in [3.63, 3.8) is 0 Å². The monoisotopic (exact) mass is 242 g/mol. The number of amides is 1. The van der Waals surface area contributed by atoms with Crippen LogP contribution < -0.4 is 5.32 Å². The maximum absolute atomic E-state index is 12.0. The molecule has 18 heavy (non-hydrogen) atoms. The van der Waals surface area contributed by atoms with Crippen LogP contribution in [0.2, 0.25) is 0 Å². The first-order chi connectivity index (χ1) is 8.56. The lowest BCUT2D eigenvalue weighted by Crippen LogP contribution is -2.15. The van der Waals surface area contributed by atoms with E-state index in [4.69, 9.17) is 0 Å². The van der Waals surface area contributed by atoms with Crippen molar-refractivity contribution in [3.8, 4) is 0 Å². The third-order valence-corrected chi connectivity index (χ3v) is 3.03. The van der Waals surface area contributed by atoms with E-state index in [2.05, 4.69) is 10.3 Å². The maximum atomic E-state index is 12.0. The van der Waals surface area contributed by atoms with E-state index in [1.165, 1.54) is 0 Å². The molecule has 0 fully saturated rings. The zero-order valence-electron chi connectivity index (χ0n) is 11.0. The van der Waals surface area contributed by atoms with Crippen LogP contribution in [0.4, 0.5) is 5.69 Å². The van der Waals surface area contributed by atoms with Crippen LogP contribution in [0, 0.1) is 20.8 Å². The molecule has 0 unspecified atom stereocenters. The molecule has 0 atom stereocenters. The number of carbonyl (C=O) groups is 1. The van der Waals surface area contributed by atoms with Crippen molar-refractivity contribution >= 4 is 11.6 Å². The Morgan fingerprint density at radius 2 is 1.94 bits per heavy atom. The van der Waals surface area contributed by atoms with E-state index < -0.39 is 0 Å². The summed E-state index contributed by atoms with van der Waals surface area (Å²) in [5.41, 5.74) is 5.16. The minimum absolute atomic E-state index is 0.0198. The largest absolute Gasteiger partial charge is 0.362 e. The van der Waals surface area contributed by atoms with E-state index in [9.17, 15) is 4.79 Å². The number of nitrogens with one attached hydrogen (secondary N) is 2. The summed E-state index contributed by atoms with van der Waals surface area (Å²) in [6.07, 6.45) is 0.407. The first-order valence-corrected chi connectivity index (χ1v) is 6.07. The molecule has 3 heteroatoms. The van der Waals surface area contributed by atoms with Gasteiger partial charge in [0.15, 0.2) is 0 Å². The lowest BCUT2D eigenvalue weighted by atomic mass is 10.1. The molecule has 0 aliphatic rings. The molecule has 2 N–H and O–H groups in total. The number of hydrogen-bond donors (Lipinski definition) is 2. The maximum Gasteiger partial charge on any atom is 0.228 e. The zero-order chi connectivity index (χ0) is 13.1. The fraction of sp³-hybridized carbons (Fsp3) is 0.267. The third-order valence-electron chi connectivity index (χ3n) is 3.03.